The number of ether oxygens (including phenoxy) is 1. The first kappa shape index (κ1) is 19.8. The molecule has 3 aromatic rings. The minimum atomic E-state index is -0.564. The third kappa shape index (κ3) is 3.84. The number of likely N-dealkylation sites (tertiary alicyclic amines) is 1. The molecule has 3 aromatic carbocycles. The Bertz CT molecular complexity index is 1020. The molecule has 1 N–H and O–H groups in total. The van der Waals surface area contributed by atoms with E-state index in [1.54, 1.807) is 4.90 Å². The molecule has 1 amide bonds. The molecule has 1 saturated heterocycles. The third-order valence-corrected chi connectivity index (χ3v) is 6.64. The number of amides is 1. The van der Waals surface area contributed by atoms with E-state index in [1.807, 2.05) is 42.5 Å². The van der Waals surface area contributed by atoms with Crippen LogP contribution in [-0.4, -0.2) is 35.8 Å². The minimum Gasteiger partial charge on any atom is -0.448 e. The van der Waals surface area contributed by atoms with Gasteiger partial charge in [-0.05, 0) is 40.7 Å². The van der Waals surface area contributed by atoms with E-state index in [4.69, 9.17) is 4.74 Å². The lowest BCUT2D eigenvalue weighted by atomic mass is 9.89. The fourth-order valence-electron chi connectivity index (χ4n) is 5.04. The summed E-state index contributed by atoms with van der Waals surface area (Å²) in [5.41, 5.74) is 5.79. The average Bonchev–Trinajstić information content (AvgIpc) is 3.16. The van der Waals surface area contributed by atoms with E-state index in [2.05, 4.69) is 36.4 Å². The number of carbonyl (C=O) groups is 1. The number of hydrogen-bond donors (Lipinski definition) is 1. The van der Waals surface area contributed by atoms with Crippen LogP contribution in [0.3, 0.4) is 0 Å². The Kier molecular flexibility index (Phi) is 5.47. The molecule has 0 radical (unpaired) electrons. The molecule has 0 aromatic heterocycles. The number of aliphatic hydroxyl groups excluding tert-OH is 1. The minimum absolute atomic E-state index is 0.0247. The topological polar surface area (TPSA) is 49.8 Å². The highest BCUT2D eigenvalue weighted by atomic mass is 16.6. The predicted octanol–water partition coefficient (Wildman–Crippen LogP) is 5.38. The van der Waals surface area contributed by atoms with Gasteiger partial charge in [0.25, 0.3) is 0 Å². The van der Waals surface area contributed by atoms with Crippen molar-refractivity contribution in [3.05, 3.63) is 95.6 Å². The molecule has 1 aliphatic heterocycles. The second-order valence-corrected chi connectivity index (χ2v) is 8.51. The summed E-state index contributed by atoms with van der Waals surface area (Å²) in [5.74, 6) is 0.0866. The number of carbonyl (C=O) groups excluding carboxylic acids is 1. The van der Waals surface area contributed by atoms with Crippen LogP contribution in [0.15, 0.2) is 78.9 Å². The number of rotatable bonds is 4. The molecule has 0 spiro atoms. The summed E-state index contributed by atoms with van der Waals surface area (Å²) in [6.45, 7) is 1.52. The molecule has 31 heavy (non-hydrogen) atoms. The van der Waals surface area contributed by atoms with Crippen molar-refractivity contribution in [2.75, 3.05) is 19.7 Å². The van der Waals surface area contributed by atoms with Crippen molar-refractivity contribution in [3.8, 4) is 11.1 Å². The van der Waals surface area contributed by atoms with Crippen LogP contribution in [0.5, 0.6) is 0 Å². The molecule has 1 aliphatic carbocycles. The lowest BCUT2D eigenvalue weighted by Crippen LogP contribution is -2.42. The SMILES string of the molecule is O=C(OCC1c2ccccc2-c2ccccc21)N1CCCC(C(O)c2ccccc2)C1. The molecule has 1 heterocycles. The lowest BCUT2D eigenvalue weighted by Gasteiger charge is -2.34. The Morgan fingerprint density at radius 3 is 2.23 bits per heavy atom. The quantitative estimate of drug-likeness (QED) is 0.625. The van der Waals surface area contributed by atoms with Crippen molar-refractivity contribution in [2.24, 2.45) is 5.92 Å². The smallest absolute Gasteiger partial charge is 0.409 e. The van der Waals surface area contributed by atoms with Gasteiger partial charge < -0.3 is 14.7 Å². The zero-order chi connectivity index (χ0) is 21.2. The van der Waals surface area contributed by atoms with Gasteiger partial charge in [-0.3, -0.25) is 0 Å². The molecule has 158 valence electrons. The Labute approximate surface area is 183 Å². The maximum Gasteiger partial charge on any atom is 0.409 e. The van der Waals surface area contributed by atoms with E-state index in [0.717, 1.165) is 18.4 Å². The summed E-state index contributed by atoms with van der Waals surface area (Å²) < 4.78 is 5.82. The average molecular weight is 414 g/mol. The highest BCUT2D eigenvalue weighted by Gasteiger charge is 2.32. The fraction of sp³-hybridized carbons (Fsp3) is 0.296. The summed E-state index contributed by atoms with van der Waals surface area (Å²) in [7, 11) is 0. The second-order valence-electron chi connectivity index (χ2n) is 8.51. The van der Waals surface area contributed by atoms with Crippen LogP contribution in [0.1, 0.15) is 41.6 Å². The summed E-state index contributed by atoms with van der Waals surface area (Å²) in [6.07, 6.45) is 0.930. The Morgan fingerprint density at radius 1 is 0.935 bits per heavy atom. The molecule has 5 rings (SSSR count). The molecule has 2 atom stereocenters. The Balaban J connectivity index is 1.26. The van der Waals surface area contributed by atoms with Gasteiger partial charge in [-0.15, -0.1) is 0 Å². The van der Waals surface area contributed by atoms with E-state index >= 15 is 0 Å². The fourth-order valence-corrected chi connectivity index (χ4v) is 5.04. The van der Waals surface area contributed by atoms with Gasteiger partial charge in [0.15, 0.2) is 0 Å². The van der Waals surface area contributed by atoms with Crippen molar-refractivity contribution in [3.63, 3.8) is 0 Å². The van der Waals surface area contributed by atoms with Crippen LogP contribution in [0, 0.1) is 5.92 Å². The van der Waals surface area contributed by atoms with E-state index in [0.29, 0.717) is 19.7 Å². The molecule has 0 saturated carbocycles. The largest absolute Gasteiger partial charge is 0.448 e. The van der Waals surface area contributed by atoms with Gasteiger partial charge in [0.1, 0.15) is 6.61 Å². The highest BCUT2D eigenvalue weighted by Crippen LogP contribution is 2.44. The van der Waals surface area contributed by atoms with Crippen molar-refractivity contribution in [1.29, 1.82) is 0 Å². The monoisotopic (exact) mass is 413 g/mol. The van der Waals surface area contributed by atoms with Crippen LogP contribution in [0.4, 0.5) is 4.79 Å². The standard InChI is InChI=1S/C27H27NO3/c29-26(19-9-2-1-3-10-19)20-11-8-16-28(17-20)27(30)31-18-25-23-14-6-4-12-21(23)22-13-5-7-15-24(22)25/h1-7,9-10,12-15,20,25-26,29H,8,11,16-18H2. The zero-order valence-electron chi connectivity index (χ0n) is 17.5. The summed E-state index contributed by atoms with van der Waals surface area (Å²) in [4.78, 5) is 14.7. The molecule has 4 heteroatoms. The van der Waals surface area contributed by atoms with E-state index < -0.39 is 6.10 Å². The van der Waals surface area contributed by atoms with Crippen LogP contribution < -0.4 is 0 Å². The second kappa shape index (κ2) is 8.56. The van der Waals surface area contributed by atoms with Crippen molar-refractivity contribution >= 4 is 6.09 Å². The molecule has 0 bridgehead atoms. The van der Waals surface area contributed by atoms with Gasteiger partial charge in [-0.25, -0.2) is 4.79 Å². The molecular weight excluding hydrogens is 386 g/mol. The number of benzene rings is 3. The van der Waals surface area contributed by atoms with E-state index in [9.17, 15) is 9.90 Å². The first-order valence-corrected chi connectivity index (χ1v) is 11.1. The van der Waals surface area contributed by atoms with Crippen molar-refractivity contribution in [2.45, 2.75) is 24.9 Å². The molecule has 1 fully saturated rings. The zero-order valence-corrected chi connectivity index (χ0v) is 17.5. The van der Waals surface area contributed by atoms with E-state index in [1.165, 1.54) is 22.3 Å². The predicted molar refractivity (Wildman–Crippen MR) is 121 cm³/mol. The van der Waals surface area contributed by atoms with Gasteiger partial charge in [-0.1, -0.05) is 78.9 Å². The maximum absolute atomic E-state index is 12.9. The number of aliphatic hydroxyl groups is 1. The molecule has 2 unspecified atom stereocenters. The van der Waals surface area contributed by atoms with E-state index in [-0.39, 0.29) is 17.9 Å². The number of hydrogen-bond acceptors (Lipinski definition) is 3. The Hall–Kier alpha value is -3.11. The lowest BCUT2D eigenvalue weighted by molar-refractivity contribution is 0.0385. The third-order valence-electron chi connectivity index (χ3n) is 6.64. The first-order valence-electron chi connectivity index (χ1n) is 11.1. The summed E-state index contributed by atoms with van der Waals surface area (Å²) in [5, 5.41) is 10.8. The summed E-state index contributed by atoms with van der Waals surface area (Å²) in [6, 6.07) is 26.4. The van der Waals surface area contributed by atoms with Gasteiger partial charge in [0.2, 0.25) is 0 Å². The van der Waals surface area contributed by atoms with Crippen LogP contribution in [-0.2, 0) is 4.74 Å². The first-order chi connectivity index (χ1) is 15.2. The summed E-state index contributed by atoms with van der Waals surface area (Å²) >= 11 is 0. The van der Waals surface area contributed by atoms with Gasteiger partial charge in [0, 0.05) is 24.9 Å². The van der Waals surface area contributed by atoms with Crippen molar-refractivity contribution < 1.29 is 14.6 Å². The number of nitrogens with zero attached hydrogens (tertiary/aromatic N) is 1. The van der Waals surface area contributed by atoms with Gasteiger partial charge >= 0.3 is 6.09 Å². The van der Waals surface area contributed by atoms with Gasteiger partial charge in [0.05, 0.1) is 6.10 Å². The number of piperidine rings is 1. The molecule has 4 nitrogen and oxygen atoms in total. The molecular formula is C27H27NO3. The van der Waals surface area contributed by atoms with Crippen molar-refractivity contribution in [1.82, 2.24) is 4.90 Å². The van der Waals surface area contributed by atoms with Gasteiger partial charge in [-0.2, -0.15) is 0 Å². The van der Waals surface area contributed by atoms with Crippen LogP contribution in [0.2, 0.25) is 0 Å². The maximum atomic E-state index is 12.9. The molecule has 2 aliphatic rings. The van der Waals surface area contributed by atoms with Crippen LogP contribution in [0.25, 0.3) is 11.1 Å². The Morgan fingerprint density at radius 2 is 1.55 bits per heavy atom. The van der Waals surface area contributed by atoms with Crippen LogP contribution >= 0.6 is 0 Å². The number of fused-ring (bicyclic) bond motifs is 3. The highest BCUT2D eigenvalue weighted by molar-refractivity contribution is 5.79. The normalized spacial score (nSPS) is 18.9.